The van der Waals surface area contributed by atoms with Gasteiger partial charge in [-0.05, 0) is 60.9 Å². The van der Waals surface area contributed by atoms with Crippen LogP contribution in [0, 0.1) is 0 Å². The molecule has 5 aromatic rings. The molecule has 0 aliphatic carbocycles. The van der Waals surface area contributed by atoms with Gasteiger partial charge < -0.3 is 29.4 Å². The Labute approximate surface area is 295 Å². The minimum absolute atomic E-state index is 0.182. The van der Waals surface area contributed by atoms with Crippen LogP contribution in [-0.4, -0.2) is 49.0 Å². The van der Waals surface area contributed by atoms with Crippen LogP contribution in [0.4, 0.5) is 4.79 Å². The summed E-state index contributed by atoms with van der Waals surface area (Å²) in [5.41, 5.74) is 9.49. The highest BCUT2D eigenvalue weighted by Gasteiger charge is 2.32. The smallest absolute Gasteiger partial charge is 0.338 e. The first-order valence-electron chi connectivity index (χ1n) is 16.4. The summed E-state index contributed by atoms with van der Waals surface area (Å²) in [7, 11) is 1.46. The number of carbonyl (C=O) groups excluding carboxylic acids is 3. The summed E-state index contributed by atoms with van der Waals surface area (Å²) in [4.78, 5) is 37.9. The molecule has 0 saturated carbocycles. The Kier molecular flexibility index (Phi) is 10.6. The van der Waals surface area contributed by atoms with Gasteiger partial charge in [-0.3, -0.25) is 4.79 Å². The summed E-state index contributed by atoms with van der Waals surface area (Å²) in [6, 6.07) is 36.0. The standard InChI is InChI=1S/C40H37N5O6/c1-4-50-39(47)36-26(2)42-40(48)43-37(36)29-20-21-33(34(23-29)49-3)51-25-35(46)44-41-24-30-22-32(27-14-8-5-9-15-27)45(31-18-12-7-13-19-31)38(30)28-16-10-6-11-17-28/h5-24,37H,4,25H2,1-3H3,(H,44,46)(H2,42,43,48)/b41-24-/t37-/m1/s1. The highest BCUT2D eigenvalue weighted by atomic mass is 16.5. The number of allylic oxidation sites excluding steroid dienone is 1. The number of aromatic nitrogens is 1. The van der Waals surface area contributed by atoms with E-state index in [4.69, 9.17) is 14.2 Å². The molecule has 3 N–H and O–H groups in total. The third-order valence-corrected chi connectivity index (χ3v) is 8.20. The predicted molar refractivity (Wildman–Crippen MR) is 195 cm³/mol. The lowest BCUT2D eigenvalue weighted by Crippen LogP contribution is -2.45. The second kappa shape index (κ2) is 15.7. The normalized spacial score (nSPS) is 14.1. The molecule has 1 aliphatic rings. The van der Waals surface area contributed by atoms with E-state index in [2.05, 4.69) is 56.1 Å². The number of urea groups is 1. The molecule has 1 aliphatic heterocycles. The van der Waals surface area contributed by atoms with E-state index in [1.165, 1.54) is 7.11 Å². The van der Waals surface area contributed by atoms with Gasteiger partial charge in [-0.1, -0.05) is 84.9 Å². The van der Waals surface area contributed by atoms with Crippen LogP contribution in [0.15, 0.2) is 132 Å². The molecule has 11 nitrogen and oxygen atoms in total. The number of para-hydroxylation sites is 1. The topological polar surface area (TPSA) is 132 Å². The zero-order chi connectivity index (χ0) is 35.7. The van der Waals surface area contributed by atoms with Gasteiger partial charge in [-0.15, -0.1) is 0 Å². The SMILES string of the molecule is CCOC(=O)C1=C(C)NC(=O)N[C@@H]1c1ccc(OCC(=O)N/N=C\c2cc(-c3ccccc3)n(-c3ccccc3)c2-c2ccccc2)c(OC)c1. The van der Waals surface area contributed by atoms with Crippen molar-refractivity contribution in [3.63, 3.8) is 0 Å². The van der Waals surface area contributed by atoms with Gasteiger partial charge in [-0.25, -0.2) is 15.0 Å². The van der Waals surface area contributed by atoms with Crippen molar-refractivity contribution in [2.75, 3.05) is 20.3 Å². The number of methoxy groups -OCH3 is 1. The number of hydrazone groups is 1. The molecule has 2 heterocycles. The van der Waals surface area contributed by atoms with E-state index in [0.29, 0.717) is 17.0 Å². The Bertz CT molecular complexity index is 2090. The second-order valence-corrected chi connectivity index (χ2v) is 11.5. The predicted octanol–water partition coefficient (Wildman–Crippen LogP) is 6.54. The molecule has 1 atom stereocenters. The number of amides is 3. The minimum Gasteiger partial charge on any atom is -0.493 e. The zero-order valence-electron chi connectivity index (χ0n) is 28.4. The summed E-state index contributed by atoms with van der Waals surface area (Å²) in [6.07, 6.45) is 1.63. The summed E-state index contributed by atoms with van der Waals surface area (Å²) >= 11 is 0. The number of hydrogen-bond donors (Lipinski definition) is 3. The van der Waals surface area contributed by atoms with E-state index in [-0.39, 0.29) is 24.5 Å². The van der Waals surface area contributed by atoms with Gasteiger partial charge in [0.15, 0.2) is 18.1 Å². The number of ether oxygens (including phenoxy) is 3. The van der Waals surface area contributed by atoms with E-state index in [1.54, 1.807) is 38.3 Å². The van der Waals surface area contributed by atoms with Crippen LogP contribution in [0.3, 0.4) is 0 Å². The maximum absolute atomic E-state index is 12.9. The van der Waals surface area contributed by atoms with Crippen LogP contribution in [0.5, 0.6) is 11.5 Å². The van der Waals surface area contributed by atoms with Gasteiger partial charge in [0.1, 0.15) is 0 Å². The van der Waals surface area contributed by atoms with Gasteiger partial charge in [0.25, 0.3) is 5.91 Å². The molecule has 0 radical (unpaired) electrons. The Hall–Kier alpha value is -6.62. The Morgan fingerprint density at radius 2 is 1.55 bits per heavy atom. The molecule has 6 rings (SSSR count). The van der Waals surface area contributed by atoms with Crippen molar-refractivity contribution in [1.82, 2.24) is 20.6 Å². The molecule has 1 aromatic heterocycles. The minimum atomic E-state index is -0.779. The first kappa shape index (κ1) is 34.3. The molecule has 0 saturated heterocycles. The van der Waals surface area contributed by atoms with Crippen molar-refractivity contribution < 1.29 is 28.6 Å². The molecule has 0 bridgehead atoms. The number of nitrogens with one attached hydrogen (secondary N) is 3. The van der Waals surface area contributed by atoms with Crippen LogP contribution < -0.4 is 25.5 Å². The number of esters is 1. The maximum Gasteiger partial charge on any atom is 0.338 e. The van der Waals surface area contributed by atoms with Crippen molar-refractivity contribution in [2.24, 2.45) is 5.10 Å². The lowest BCUT2D eigenvalue weighted by molar-refractivity contribution is -0.139. The molecule has 0 fully saturated rings. The molecule has 3 amide bonds. The largest absolute Gasteiger partial charge is 0.493 e. The molecule has 11 heteroatoms. The molecule has 0 unspecified atom stereocenters. The van der Waals surface area contributed by atoms with Gasteiger partial charge in [0.05, 0.1) is 42.9 Å². The first-order valence-corrected chi connectivity index (χ1v) is 16.4. The van der Waals surface area contributed by atoms with Crippen LogP contribution in [-0.2, 0) is 14.3 Å². The number of rotatable bonds is 12. The fourth-order valence-electron chi connectivity index (χ4n) is 5.94. The van der Waals surface area contributed by atoms with Crippen LogP contribution in [0.2, 0.25) is 0 Å². The Morgan fingerprint density at radius 1 is 0.882 bits per heavy atom. The molecule has 4 aromatic carbocycles. The van der Waals surface area contributed by atoms with E-state index in [9.17, 15) is 14.4 Å². The van der Waals surface area contributed by atoms with E-state index < -0.39 is 23.9 Å². The molecule has 258 valence electrons. The molecular formula is C40H37N5O6. The van der Waals surface area contributed by atoms with Crippen molar-refractivity contribution in [3.8, 4) is 39.7 Å². The fourth-order valence-corrected chi connectivity index (χ4v) is 5.94. The molecule has 0 spiro atoms. The third-order valence-electron chi connectivity index (χ3n) is 8.20. The Balaban J connectivity index is 1.22. The third kappa shape index (κ3) is 7.67. The molecule has 51 heavy (non-hydrogen) atoms. The van der Waals surface area contributed by atoms with Crippen LogP contribution in [0.25, 0.3) is 28.2 Å². The average Bonchev–Trinajstić information content (AvgIpc) is 3.54. The lowest BCUT2D eigenvalue weighted by atomic mass is 9.95. The lowest BCUT2D eigenvalue weighted by Gasteiger charge is -2.28. The van der Waals surface area contributed by atoms with Gasteiger partial charge in [0, 0.05) is 16.9 Å². The number of nitrogens with zero attached hydrogens (tertiary/aromatic N) is 2. The van der Waals surface area contributed by atoms with Gasteiger partial charge in [-0.2, -0.15) is 5.10 Å². The number of benzene rings is 4. The van der Waals surface area contributed by atoms with Crippen molar-refractivity contribution in [1.29, 1.82) is 0 Å². The molecular weight excluding hydrogens is 646 g/mol. The van der Waals surface area contributed by atoms with Crippen molar-refractivity contribution in [2.45, 2.75) is 19.9 Å². The van der Waals surface area contributed by atoms with Crippen molar-refractivity contribution in [3.05, 3.63) is 138 Å². The quantitative estimate of drug-likeness (QED) is 0.0778. The summed E-state index contributed by atoms with van der Waals surface area (Å²) in [5.74, 6) is -0.440. The summed E-state index contributed by atoms with van der Waals surface area (Å²) in [6.45, 7) is 3.18. The highest BCUT2D eigenvalue weighted by molar-refractivity contribution is 5.95. The summed E-state index contributed by atoms with van der Waals surface area (Å²) in [5, 5.41) is 9.68. The average molecular weight is 684 g/mol. The first-order chi connectivity index (χ1) is 24.9. The van der Waals surface area contributed by atoms with Crippen molar-refractivity contribution >= 4 is 24.1 Å². The number of carbonyl (C=O) groups is 3. The Morgan fingerprint density at radius 3 is 2.22 bits per heavy atom. The number of hydrogen-bond acceptors (Lipinski definition) is 7. The van der Waals surface area contributed by atoms with Crippen LogP contribution >= 0.6 is 0 Å². The fraction of sp³-hybridized carbons (Fsp3) is 0.150. The highest BCUT2D eigenvalue weighted by Crippen LogP contribution is 2.36. The monoisotopic (exact) mass is 683 g/mol. The van der Waals surface area contributed by atoms with E-state index >= 15 is 0 Å². The summed E-state index contributed by atoms with van der Waals surface area (Å²) < 4.78 is 18.8. The zero-order valence-corrected chi connectivity index (χ0v) is 28.4. The second-order valence-electron chi connectivity index (χ2n) is 11.5. The van der Waals surface area contributed by atoms with Gasteiger partial charge in [0.2, 0.25) is 0 Å². The van der Waals surface area contributed by atoms with E-state index in [0.717, 1.165) is 33.8 Å². The maximum atomic E-state index is 12.9. The van der Waals surface area contributed by atoms with Gasteiger partial charge >= 0.3 is 12.0 Å². The van der Waals surface area contributed by atoms with Crippen LogP contribution in [0.1, 0.15) is 31.0 Å². The van der Waals surface area contributed by atoms with E-state index in [1.807, 2.05) is 66.7 Å².